The summed E-state index contributed by atoms with van der Waals surface area (Å²) in [6.07, 6.45) is 1.40. The Kier molecular flexibility index (Phi) is 22.5. The zero-order valence-electron chi connectivity index (χ0n) is 10.0. The van der Waals surface area contributed by atoms with Crippen LogP contribution in [0.5, 0.6) is 0 Å². The molecule has 4 nitrogen and oxygen atoms in total. The topological polar surface area (TPSA) is 80.9 Å². The molecule has 16 heavy (non-hydrogen) atoms. The molecule has 0 aromatic carbocycles. The highest BCUT2D eigenvalue weighted by Crippen LogP contribution is 1.88. The first kappa shape index (κ1) is 21.0. The van der Waals surface area contributed by atoms with E-state index in [4.69, 9.17) is 20.4 Å². The van der Waals surface area contributed by atoms with Crippen LogP contribution in [0.4, 0.5) is 0 Å². The lowest BCUT2D eigenvalue weighted by atomic mass is 10.3. The lowest BCUT2D eigenvalue weighted by Gasteiger charge is -1.94. The Morgan fingerprint density at radius 1 is 0.938 bits per heavy atom. The van der Waals surface area contributed by atoms with Gasteiger partial charge in [-0.3, -0.25) is 0 Å². The average Bonchev–Trinajstić information content (AvgIpc) is 2.19. The van der Waals surface area contributed by atoms with Gasteiger partial charge in [0, 0.05) is 12.8 Å². The molecule has 0 spiro atoms. The molecule has 0 unspecified atom stereocenters. The van der Waals surface area contributed by atoms with Crippen molar-refractivity contribution in [3.05, 3.63) is 0 Å². The number of aliphatic hydroxyl groups excluding tert-OH is 3. The minimum atomic E-state index is -1.10. The summed E-state index contributed by atoms with van der Waals surface area (Å²) >= 11 is 8.50. The van der Waals surface area contributed by atoms with Crippen LogP contribution in [0.15, 0.2) is 0 Å². The molecule has 6 heteroatoms. The third-order valence-corrected chi connectivity index (χ3v) is 1.73. The second kappa shape index (κ2) is 17.1. The summed E-state index contributed by atoms with van der Waals surface area (Å²) in [5, 5.41) is 32.6. The zero-order valence-corrected chi connectivity index (χ0v) is 11.6. The van der Waals surface area contributed by atoms with Crippen molar-refractivity contribution < 1.29 is 20.4 Å². The highest BCUT2D eigenvalue weighted by Gasteiger charge is 1.89. The van der Waals surface area contributed by atoms with Crippen molar-refractivity contribution in [3.63, 3.8) is 0 Å². The fourth-order valence-corrected chi connectivity index (χ4v) is 0.258. The monoisotopic (exact) mass is 270 g/mol. The summed E-state index contributed by atoms with van der Waals surface area (Å²) in [7, 11) is 0. The quantitative estimate of drug-likeness (QED) is 0.464. The molecule has 0 aromatic rings. The van der Waals surface area contributed by atoms with E-state index < -0.39 is 6.29 Å². The van der Waals surface area contributed by atoms with Crippen molar-refractivity contribution >= 4 is 34.5 Å². The molecule has 0 bridgehead atoms. The molecule has 0 saturated heterocycles. The van der Waals surface area contributed by atoms with E-state index in [9.17, 15) is 0 Å². The summed E-state index contributed by atoms with van der Waals surface area (Å²) in [6.45, 7) is 5.52. The molecule has 0 heterocycles. The number of hydrogen-bond acceptors (Lipinski definition) is 4. The van der Waals surface area contributed by atoms with Crippen LogP contribution in [0.2, 0.25) is 0 Å². The third kappa shape index (κ3) is 49.2. The molecule has 4 N–H and O–H groups in total. The van der Waals surface area contributed by atoms with Crippen LogP contribution in [-0.2, 0) is 0 Å². The maximum atomic E-state index is 8.11. The number of thiocarbonyl (C=S) groups is 2. The van der Waals surface area contributed by atoms with Crippen molar-refractivity contribution in [2.24, 2.45) is 0 Å². The third-order valence-electron chi connectivity index (χ3n) is 1.15. The molecule has 98 valence electrons. The fraction of sp³-hybridized carbons (Fsp3) is 0.800. The van der Waals surface area contributed by atoms with E-state index in [0.717, 1.165) is 6.42 Å². The fourth-order valence-electron chi connectivity index (χ4n) is 0.258. The molecule has 0 fully saturated rings. The van der Waals surface area contributed by atoms with Crippen molar-refractivity contribution in [1.82, 2.24) is 0 Å². The summed E-state index contributed by atoms with van der Waals surface area (Å²) in [5.41, 5.74) is 0. The van der Waals surface area contributed by atoms with Gasteiger partial charge in [-0.1, -0.05) is 27.2 Å². The SMILES string of the molecule is CCC(O)=S.CCC(O)=S.CCCC(O)O. The average molecular weight is 270 g/mol. The van der Waals surface area contributed by atoms with Gasteiger partial charge in [-0.2, -0.15) is 0 Å². The van der Waals surface area contributed by atoms with Gasteiger partial charge in [0.15, 0.2) is 16.4 Å². The lowest BCUT2D eigenvalue weighted by Crippen LogP contribution is -2.01. The van der Waals surface area contributed by atoms with Gasteiger partial charge in [0.05, 0.1) is 0 Å². The normalized spacial score (nSPS) is 8.38. The van der Waals surface area contributed by atoms with E-state index in [1.807, 2.05) is 20.8 Å². The Bertz CT molecular complexity index is 158. The van der Waals surface area contributed by atoms with Crippen LogP contribution in [0, 0.1) is 0 Å². The first-order chi connectivity index (χ1) is 7.31. The van der Waals surface area contributed by atoms with Crippen LogP contribution in [0.3, 0.4) is 0 Å². The molecular formula is C10H22O4S2. The van der Waals surface area contributed by atoms with E-state index in [2.05, 4.69) is 24.4 Å². The Hall–Kier alpha value is -0.300. The number of hydrogen-bond donors (Lipinski definition) is 4. The van der Waals surface area contributed by atoms with Crippen molar-refractivity contribution in [1.29, 1.82) is 0 Å². The minimum absolute atomic E-state index is 0.0880. The first-order valence-corrected chi connectivity index (χ1v) is 5.93. The molecule has 0 saturated carbocycles. The molecule has 0 aromatic heterocycles. The second-order valence-electron chi connectivity index (χ2n) is 2.76. The van der Waals surface area contributed by atoms with Crippen molar-refractivity contribution in [3.8, 4) is 0 Å². The number of aliphatic hydroxyl groups is 4. The summed E-state index contributed by atoms with van der Waals surface area (Å²) < 4.78 is 0. The van der Waals surface area contributed by atoms with E-state index in [-0.39, 0.29) is 10.1 Å². The maximum absolute atomic E-state index is 8.11. The number of rotatable bonds is 4. The van der Waals surface area contributed by atoms with E-state index in [1.54, 1.807) is 0 Å². The molecule has 0 aliphatic rings. The predicted octanol–water partition coefficient (Wildman–Crippen LogP) is 2.66. The second-order valence-corrected chi connectivity index (χ2v) is 3.71. The largest absolute Gasteiger partial charge is 0.502 e. The Labute approximate surface area is 108 Å². The molecule has 0 rings (SSSR count). The lowest BCUT2D eigenvalue weighted by molar-refractivity contribution is -0.0453. The van der Waals surface area contributed by atoms with Gasteiger partial charge in [-0.15, -0.1) is 0 Å². The molecule has 0 amide bonds. The van der Waals surface area contributed by atoms with E-state index >= 15 is 0 Å². The van der Waals surface area contributed by atoms with Gasteiger partial charge in [-0.25, -0.2) is 0 Å². The summed E-state index contributed by atoms with van der Waals surface area (Å²) in [6, 6.07) is 0. The minimum Gasteiger partial charge on any atom is -0.502 e. The van der Waals surface area contributed by atoms with Crippen LogP contribution < -0.4 is 0 Å². The van der Waals surface area contributed by atoms with Crippen molar-refractivity contribution in [2.75, 3.05) is 0 Å². The van der Waals surface area contributed by atoms with Crippen LogP contribution in [0.25, 0.3) is 0 Å². The molecule has 0 atom stereocenters. The van der Waals surface area contributed by atoms with Crippen LogP contribution in [-0.4, -0.2) is 36.8 Å². The molecule has 0 radical (unpaired) electrons. The Morgan fingerprint density at radius 2 is 1.19 bits per heavy atom. The molecule has 0 aliphatic heterocycles. The predicted molar refractivity (Wildman–Crippen MR) is 74.2 cm³/mol. The summed E-state index contributed by atoms with van der Waals surface area (Å²) in [4.78, 5) is 0. The first-order valence-electron chi connectivity index (χ1n) is 5.11. The standard InChI is InChI=1S/C4H10O2.2C3H6OS/c1-2-3-4(5)6;2*1-2-3(4)5/h4-6H,2-3H2,1H3;2*2H2,1H3,(H,4,5). The van der Waals surface area contributed by atoms with E-state index in [1.165, 1.54) is 0 Å². The summed E-state index contributed by atoms with van der Waals surface area (Å²) in [5.74, 6) is 0. The highest BCUT2D eigenvalue weighted by molar-refractivity contribution is 7.80. The van der Waals surface area contributed by atoms with Crippen LogP contribution in [0.1, 0.15) is 46.5 Å². The van der Waals surface area contributed by atoms with Gasteiger partial charge >= 0.3 is 0 Å². The highest BCUT2D eigenvalue weighted by atomic mass is 32.1. The Morgan fingerprint density at radius 3 is 1.19 bits per heavy atom. The zero-order chi connectivity index (χ0) is 13.6. The van der Waals surface area contributed by atoms with Crippen molar-refractivity contribution in [2.45, 2.75) is 52.7 Å². The van der Waals surface area contributed by atoms with Gasteiger partial charge in [0.2, 0.25) is 0 Å². The van der Waals surface area contributed by atoms with Gasteiger partial charge in [0.1, 0.15) is 0 Å². The van der Waals surface area contributed by atoms with Gasteiger partial charge in [-0.05, 0) is 30.9 Å². The molecular weight excluding hydrogens is 248 g/mol. The molecule has 0 aliphatic carbocycles. The van der Waals surface area contributed by atoms with Gasteiger partial charge in [0.25, 0.3) is 0 Å². The van der Waals surface area contributed by atoms with E-state index in [0.29, 0.717) is 19.3 Å². The smallest absolute Gasteiger partial charge is 0.156 e. The van der Waals surface area contributed by atoms with Crippen LogP contribution >= 0.6 is 24.4 Å². The maximum Gasteiger partial charge on any atom is 0.156 e. The Balaban J connectivity index is -0.000000160. The van der Waals surface area contributed by atoms with Gasteiger partial charge < -0.3 is 20.4 Å².